The zero-order valence-electron chi connectivity index (χ0n) is 25.2. The van der Waals surface area contributed by atoms with Gasteiger partial charge in [-0.05, 0) is 67.9 Å². The van der Waals surface area contributed by atoms with Gasteiger partial charge in [-0.25, -0.2) is 22.9 Å². The van der Waals surface area contributed by atoms with Gasteiger partial charge in [-0.15, -0.1) is 13.2 Å². The number of benzene rings is 2. The summed E-state index contributed by atoms with van der Waals surface area (Å²) in [4.78, 5) is 20.1. The van der Waals surface area contributed by atoms with Crippen LogP contribution in [-0.2, 0) is 19.6 Å². The molecule has 0 bridgehead atoms. The highest BCUT2D eigenvalue weighted by Gasteiger charge is 2.38. The second-order valence-electron chi connectivity index (χ2n) is 11.0. The average molecular weight is 773 g/mol. The third-order valence-corrected chi connectivity index (χ3v) is 9.59. The van der Waals surface area contributed by atoms with Crippen LogP contribution in [0.25, 0.3) is 10.9 Å². The molecule has 2 fully saturated rings. The van der Waals surface area contributed by atoms with Gasteiger partial charge in [0.1, 0.15) is 10.7 Å². The van der Waals surface area contributed by atoms with E-state index in [2.05, 4.69) is 35.6 Å². The van der Waals surface area contributed by atoms with E-state index in [4.69, 9.17) is 24.6 Å². The first-order valence-electron chi connectivity index (χ1n) is 14.7. The molecule has 1 saturated heterocycles. The number of alkyl halides is 6. The fraction of sp³-hybridized carbons (Fsp3) is 0.483. The van der Waals surface area contributed by atoms with E-state index in [-0.39, 0.29) is 16.9 Å². The highest BCUT2D eigenvalue weighted by atomic mass is 79.9. The van der Waals surface area contributed by atoms with Crippen LogP contribution in [0.3, 0.4) is 0 Å². The number of sulfonamides is 1. The number of hydrogen-bond donors (Lipinski definition) is 3. The molecule has 1 aliphatic heterocycles. The zero-order chi connectivity index (χ0) is 35.1. The number of aliphatic carboxylic acids is 1. The standard InChI is InChI=1S/C27H31BrF3N5O4S.C2HF3O2/c28-20-9-10-24(23(15-20)40-27(29,30)31)41(37,38)33-17-19-7-5-18(6-8-19)16-32-26-34-22-4-2-1-3-21(22)25(35-26)36-11-13-39-14-12-36;3-2(4,5)1(6)7/h1-4,9-10,15,18-19,33H,5-8,11-14,16-17H2,(H,32,34,35);(H,6,7). The smallest absolute Gasteiger partial charge is 0.475 e. The van der Waals surface area contributed by atoms with Gasteiger partial charge in [-0.1, -0.05) is 28.1 Å². The first kappa shape index (κ1) is 37.4. The molecule has 0 amide bonds. The van der Waals surface area contributed by atoms with Crippen molar-refractivity contribution in [2.24, 2.45) is 11.8 Å². The van der Waals surface area contributed by atoms with Crippen molar-refractivity contribution in [2.45, 2.75) is 43.1 Å². The Kier molecular flexibility index (Phi) is 12.4. The normalized spacial score (nSPS) is 18.9. The van der Waals surface area contributed by atoms with E-state index in [1.807, 2.05) is 24.3 Å². The molecule has 0 atom stereocenters. The van der Waals surface area contributed by atoms with Gasteiger partial charge in [-0.3, -0.25) is 0 Å². The van der Waals surface area contributed by atoms with Crippen LogP contribution in [0.15, 0.2) is 51.8 Å². The third-order valence-electron chi connectivity index (χ3n) is 7.63. The van der Waals surface area contributed by atoms with Crippen LogP contribution in [0, 0.1) is 11.8 Å². The number of carboxylic acids is 1. The number of carboxylic acid groups (broad SMARTS) is 1. The highest BCUT2D eigenvalue weighted by molar-refractivity contribution is 9.10. The van der Waals surface area contributed by atoms with Gasteiger partial charge in [-0.2, -0.15) is 18.2 Å². The Morgan fingerprint density at radius 2 is 1.58 bits per heavy atom. The molecular formula is C29H32BrF6N5O6S. The van der Waals surface area contributed by atoms with Crippen molar-refractivity contribution in [2.75, 3.05) is 49.6 Å². The minimum atomic E-state index is -5.08. The van der Waals surface area contributed by atoms with E-state index in [0.717, 1.165) is 67.6 Å². The van der Waals surface area contributed by atoms with Crippen molar-refractivity contribution in [1.29, 1.82) is 0 Å². The summed E-state index contributed by atoms with van der Waals surface area (Å²) in [6.45, 7) is 3.69. The number of para-hydroxylation sites is 1. The highest BCUT2D eigenvalue weighted by Crippen LogP contribution is 2.34. The number of morpholine rings is 1. The van der Waals surface area contributed by atoms with E-state index in [1.165, 1.54) is 6.07 Å². The minimum absolute atomic E-state index is 0.0771. The number of halogens is 7. The molecule has 1 aliphatic carbocycles. The van der Waals surface area contributed by atoms with Crippen molar-refractivity contribution in [3.05, 3.63) is 46.9 Å². The average Bonchev–Trinajstić information content (AvgIpc) is 3.02. The van der Waals surface area contributed by atoms with E-state index >= 15 is 0 Å². The van der Waals surface area contributed by atoms with Crippen LogP contribution in [0.5, 0.6) is 5.75 Å². The number of rotatable bonds is 9. The van der Waals surface area contributed by atoms with Crippen LogP contribution in [0.1, 0.15) is 25.7 Å². The largest absolute Gasteiger partial charge is 0.573 e. The molecule has 2 aromatic carbocycles. The van der Waals surface area contributed by atoms with Crippen LogP contribution in [0.4, 0.5) is 38.1 Å². The molecule has 19 heteroatoms. The predicted molar refractivity (Wildman–Crippen MR) is 166 cm³/mol. The summed E-state index contributed by atoms with van der Waals surface area (Å²) < 4.78 is 108. The fourth-order valence-electron chi connectivity index (χ4n) is 5.24. The molecule has 48 heavy (non-hydrogen) atoms. The predicted octanol–water partition coefficient (Wildman–Crippen LogP) is 5.96. The summed E-state index contributed by atoms with van der Waals surface area (Å²) >= 11 is 3.06. The molecule has 0 radical (unpaired) electrons. The quantitative estimate of drug-likeness (QED) is 0.223. The summed E-state index contributed by atoms with van der Waals surface area (Å²) in [6, 6.07) is 11.4. The lowest BCUT2D eigenvalue weighted by atomic mass is 9.82. The monoisotopic (exact) mass is 771 g/mol. The molecule has 264 valence electrons. The van der Waals surface area contributed by atoms with E-state index < -0.39 is 39.2 Å². The van der Waals surface area contributed by atoms with Gasteiger partial charge in [0, 0.05) is 36.0 Å². The first-order valence-corrected chi connectivity index (χ1v) is 17.0. The van der Waals surface area contributed by atoms with Gasteiger partial charge < -0.3 is 24.8 Å². The number of anilines is 2. The molecule has 2 aliphatic rings. The Balaban J connectivity index is 0.000000671. The summed E-state index contributed by atoms with van der Waals surface area (Å²) in [6.07, 6.45) is -6.76. The Morgan fingerprint density at radius 1 is 0.979 bits per heavy atom. The Bertz CT molecular complexity index is 1670. The fourth-order valence-corrected chi connectivity index (χ4v) is 6.81. The van der Waals surface area contributed by atoms with Crippen LogP contribution < -0.4 is 19.7 Å². The number of aromatic nitrogens is 2. The second-order valence-corrected chi connectivity index (χ2v) is 13.7. The van der Waals surface area contributed by atoms with Crippen LogP contribution in [-0.4, -0.2) is 81.4 Å². The van der Waals surface area contributed by atoms with Crippen LogP contribution in [0.2, 0.25) is 0 Å². The van der Waals surface area contributed by atoms with Crippen molar-refractivity contribution in [3.63, 3.8) is 0 Å². The maximum atomic E-state index is 12.8. The summed E-state index contributed by atoms with van der Waals surface area (Å²) in [5.41, 5.74) is 0.872. The third kappa shape index (κ3) is 10.8. The Morgan fingerprint density at radius 3 is 2.19 bits per heavy atom. The Labute approximate surface area is 280 Å². The van der Waals surface area contributed by atoms with E-state index in [1.54, 1.807) is 0 Å². The van der Waals surface area contributed by atoms with Crippen molar-refractivity contribution in [1.82, 2.24) is 14.7 Å². The lowest BCUT2D eigenvalue weighted by Gasteiger charge is -2.30. The van der Waals surface area contributed by atoms with E-state index in [0.29, 0.717) is 31.6 Å². The molecular weight excluding hydrogens is 740 g/mol. The van der Waals surface area contributed by atoms with Crippen molar-refractivity contribution < 1.29 is 54.1 Å². The molecule has 1 saturated carbocycles. The number of fused-ring (bicyclic) bond motifs is 1. The lowest BCUT2D eigenvalue weighted by molar-refractivity contribution is -0.275. The van der Waals surface area contributed by atoms with Gasteiger partial charge in [0.25, 0.3) is 0 Å². The number of hydrogen-bond acceptors (Lipinski definition) is 9. The second kappa shape index (κ2) is 15.9. The molecule has 0 unspecified atom stereocenters. The maximum absolute atomic E-state index is 12.8. The molecule has 1 aromatic heterocycles. The number of ether oxygens (including phenoxy) is 2. The van der Waals surface area contributed by atoms with E-state index in [9.17, 15) is 34.8 Å². The van der Waals surface area contributed by atoms with Crippen LogP contribution >= 0.6 is 15.9 Å². The lowest BCUT2D eigenvalue weighted by Crippen LogP contribution is -2.37. The maximum Gasteiger partial charge on any atom is 0.573 e. The summed E-state index contributed by atoms with van der Waals surface area (Å²) in [5, 5.41) is 11.5. The van der Waals surface area contributed by atoms with Gasteiger partial charge >= 0.3 is 18.5 Å². The van der Waals surface area contributed by atoms with Crippen molar-refractivity contribution >= 4 is 54.6 Å². The Hall–Kier alpha value is -3.42. The molecule has 3 N–H and O–H groups in total. The topological polar surface area (TPSA) is 143 Å². The first-order chi connectivity index (χ1) is 22.5. The zero-order valence-corrected chi connectivity index (χ0v) is 27.6. The van der Waals surface area contributed by atoms with Crippen molar-refractivity contribution in [3.8, 4) is 5.75 Å². The SMILES string of the molecule is O=C(O)C(F)(F)F.O=S(=O)(NCC1CCC(CNc2nc(N3CCOCC3)c3ccccc3n2)CC1)c1ccc(Br)cc1OC(F)(F)F. The number of nitrogens with zero attached hydrogens (tertiary/aromatic N) is 3. The summed E-state index contributed by atoms with van der Waals surface area (Å²) in [7, 11) is -4.21. The molecule has 2 heterocycles. The summed E-state index contributed by atoms with van der Waals surface area (Å²) in [5.74, 6) is -1.62. The number of carbonyl (C=O) groups is 1. The molecule has 0 spiro atoms. The van der Waals surface area contributed by atoms with Gasteiger partial charge in [0.05, 0.1) is 18.7 Å². The molecule has 5 rings (SSSR count). The molecule has 3 aromatic rings. The minimum Gasteiger partial charge on any atom is -0.475 e. The van der Waals surface area contributed by atoms with Gasteiger partial charge in [0.2, 0.25) is 16.0 Å². The number of nitrogens with one attached hydrogen (secondary N) is 2. The van der Waals surface area contributed by atoms with Gasteiger partial charge in [0.15, 0.2) is 5.75 Å². The molecule has 11 nitrogen and oxygen atoms in total.